The highest BCUT2D eigenvalue weighted by Gasteiger charge is 1.99. The van der Waals surface area contributed by atoms with Crippen molar-refractivity contribution in [2.24, 2.45) is 0 Å². The average Bonchev–Trinajstić information content (AvgIpc) is 2.62. The summed E-state index contributed by atoms with van der Waals surface area (Å²) in [6.45, 7) is 4.71. The molecule has 3 nitrogen and oxygen atoms in total. The Bertz CT molecular complexity index is 581. The Morgan fingerprint density at radius 3 is 2.38 bits per heavy atom. The number of nitrogens with one attached hydrogen (secondary N) is 1. The lowest BCUT2D eigenvalue weighted by atomic mass is 10.2. The van der Waals surface area contributed by atoms with Crippen LogP contribution in [0.4, 0.5) is 0 Å². The van der Waals surface area contributed by atoms with Crippen molar-refractivity contribution < 1.29 is 9.47 Å². The van der Waals surface area contributed by atoms with E-state index < -0.39 is 0 Å². The molecule has 24 heavy (non-hydrogen) atoms. The molecule has 0 heterocycles. The van der Waals surface area contributed by atoms with Crippen molar-refractivity contribution >= 4 is 0 Å². The molecule has 0 aliphatic rings. The summed E-state index contributed by atoms with van der Waals surface area (Å²) < 4.78 is 11.0. The molecule has 3 heteroatoms. The first-order chi connectivity index (χ1) is 11.8. The number of rotatable bonds is 11. The number of benzene rings is 2. The van der Waals surface area contributed by atoms with E-state index in [0.717, 1.165) is 37.6 Å². The summed E-state index contributed by atoms with van der Waals surface area (Å²) in [5.74, 6) is 1.86. The fourth-order valence-electron chi connectivity index (χ4n) is 2.56. The van der Waals surface area contributed by atoms with E-state index in [2.05, 4.69) is 42.6 Å². The highest BCUT2D eigenvalue weighted by atomic mass is 16.5. The van der Waals surface area contributed by atoms with Crippen molar-refractivity contribution in [1.82, 2.24) is 5.32 Å². The molecule has 0 radical (unpaired) electrons. The van der Waals surface area contributed by atoms with Gasteiger partial charge in [-0.2, -0.15) is 0 Å². The molecule has 0 aliphatic heterocycles. The summed E-state index contributed by atoms with van der Waals surface area (Å²) >= 11 is 0. The second kappa shape index (κ2) is 10.7. The van der Waals surface area contributed by atoms with Gasteiger partial charge in [0, 0.05) is 13.1 Å². The number of unbranched alkanes of at least 4 members (excludes halogenated alkanes) is 3. The van der Waals surface area contributed by atoms with E-state index in [0.29, 0.717) is 0 Å². The zero-order valence-corrected chi connectivity index (χ0v) is 14.9. The quantitative estimate of drug-likeness (QED) is 0.593. The monoisotopic (exact) mass is 327 g/mol. The molecular formula is C21H29NO2. The van der Waals surface area contributed by atoms with Crippen LogP contribution in [0.2, 0.25) is 0 Å². The SMILES string of the molecule is CCCCCCOc1cccc(CNCc2ccc(OC)cc2)c1. The van der Waals surface area contributed by atoms with Gasteiger partial charge in [0.2, 0.25) is 0 Å². The first-order valence-electron chi connectivity index (χ1n) is 8.87. The average molecular weight is 327 g/mol. The summed E-state index contributed by atoms with van der Waals surface area (Å²) in [7, 11) is 1.69. The molecule has 0 atom stereocenters. The Hall–Kier alpha value is -2.00. The van der Waals surface area contributed by atoms with E-state index in [-0.39, 0.29) is 0 Å². The van der Waals surface area contributed by atoms with Gasteiger partial charge in [-0.3, -0.25) is 0 Å². The molecule has 0 unspecified atom stereocenters. The standard InChI is InChI=1S/C21H29NO2/c1-3-4-5-6-14-24-21-9-7-8-19(15-21)17-22-16-18-10-12-20(23-2)13-11-18/h7-13,15,22H,3-6,14,16-17H2,1-2H3. The van der Waals surface area contributed by atoms with E-state index in [1.54, 1.807) is 7.11 Å². The van der Waals surface area contributed by atoms with E-state index in [1.165, 1.54) is 30.4 Å². The van der Waals surface area contributed by atoms with Crippen LogP contribution in [0.1, 0.15) is 43.7 Å². The minimum atomic E-state index is 0.808. The fourth-order valence-corrected chi connectivity index (χ4v) is 2.56. The van der Waals surface area contributed by atoms with Gasteiger partial charge >= 0.3 is 0 Å². The summed E-state index contributed by atoms with van der Waals surface area (Å²) in [6, 6.07) is 16.5. The Balaban J connectivity index is 1.72. The van der Waals surface area contributed by atoms with Crippen LogP contribution >= 0.6 is 0 Å². The second-order valence-electron chi connectivity index (χ2n) is 6.01. The van der Waals surface area contributed by atoms with E-state index >= 15 is 0 Å². The third kappa shape index (κ3) is 6.63. The molecule has 2 aromatic rings. The summed E-state index contributed by atoms with van der Waals surface area (Å²) in [6.07, 6.45) is 4.93. The van der Waals surface area contributed by atoms with Crippen molar-refractivity contribution in [3.8, 4) is 11.5 Å². The Kier molecular flexibility index (Phi) is 8.19. The van der Waals surface area contributed by atoms with Crippen LogP contribution in [0.15, 0.2) is 48.5 Å². The van der Waals surface area contributed by atoms with Gasteiger partial charge in [0.05, 0.1) is 13.7 Å². The molecule has 0 spiro atoms. The number of ether oxygens (including phenoxy) is 2. The molecule has 0 aromatic heterocycles. The lowest BCUT2D eigenvalue weighted by Gasteiger charge is -2.09. The maximum Gasteiger partial charge on any atom is 0.119 e. The summed E-state index contributed by atoms with van der Waals surface area (Å²) in [5, 5.41) is 3.47. The van der Waals surface area contributed by atoms with Crippen LogP contribution in [-0.2, 0) is 13.1 Å². The van der Waals surface area contributed by atoms with Crippen molar-refractivity contribution in [3.05, 3.63) is 59.7 Å². The van der Waals surface area contributed by atoms with E-state index in [9.17, 15) is 0 Å². The third-order valence-electron chi connectivity index (χ3n) is 3.98. The lowest BCUT2D eigenvalue weighted by Crippen LogP contribution is -2.12. The molecule has 2 aromatic carbocycles. The van der Waals surface area contributed by atoms with Gasteiger partial charge < -0.3 is 14.8 Å². The van der Waals surface area contributed by atoms with Crippen molar-refractivity contribution in [2.45, 2.75) is 45.7 Å². The van der Waals surface area contributed by atoms with Crippen LogP contribution in [-0.4, -0.2) is 13.7 Å². The highest BCUT2D eigenvalue weighted by molar-refractivity contribution is 5.29. The maximum absolute atomic E-state index is 5.84. The minimum Gasteiger partial charge on any atom is -0.497 e. The molecular weight excluding hydrogens is 298 g/mol. The predicted molar refractivity (Wildman–Crippen MR) is 99.6 cm³/mol. The zero-order valence-electron chi connectivity index (χ0n) is 14.9. The van der Waals surface area contributed by atoms with Crippen LogP contribution in [0, 0.1) is 0 Å². The first-order valence-corrected chi connectivity index (χ1v) is 8.87. The highest BCUT2D eigenvalue weighted by Crippen LogP contribution is 2.15. The number of hydrogen-bond donors (Lipinski definition) is 1. The third-order valence-corrected chi connectivity index (χ3v) is 3.98. The van der Waals surface area contributed by atoms with Crippen molar-refractivity contribution in [3.63, 3.8) is 0 Å². The number of hydrogen-bond acceptors (Lipinski definition) is 3. The molecule has 0 amide bonds. The van der Waals surface area contributed by atoms with Crippen molar-refractivity contribution in [2.75, 3.05) is 13.7 Å². The molecule has 130 valence electrons. The Labute approximate surface area is 146 Å². The van der Waals surface area contributed by atoms with E-state index in [1.807, 2.05) is 18.2 Å². The zero-order chi connectivity index (χ0) is 17.0. The van der Waals surface area contributed by atoms with Crippen LogP contribution in [0.3, 0.4) is 0 Å². The summed E-state index contributed by atoms with van der Waals surface area (Å²) in [4.78, 5) is 0. The Morgan fingerprint density at radius 2 is 1.62 bits per heavy atom. The topological polar surface area (TPSA) is 30.5 Å². The molecule has 1 N–H and O–H groups in total. The molecule has 0 aliphatic carbocycles. The van der Waals surface area contributed by atoms with Gasteiger partial charge in [0.15, 0.2) is 0 Å². The smallest absolute Gasteiger partial charge is 0.119 e. The summed E-state index contributed by atoms with van der Waals surface area (Å²) in [5.41, 5.74) is 2.49. The molecule has 0 saturated heterocycles. The molecule has 0 fully saturated rings. The van der Waals surface area contributed by atoms with Gasteiger partial charge in [-0.25, -0.2) is 0 Å². The molecule has 0 saturated carbocycles. The van der Waals surface area contributed by atoms with Crippen LogP contribution < -0.4 is 14.8 Å². The number of methoxy groups -OCH3 is 1. The van der Waals surface area contributed by atoms with Gasteiger partial charge in [-0.15, -0.1) is 0 Å². The second-order valence-corrected chi connectivity index (χ2v) is 6.01. The maximum atomic E-state index is 5.84. The van der Waals surface area contributed by atoms with Gasteiger partial charge in [0.25, 0.3) is 0 Å². The van der Waals surface area contributed by atoms with E-state index in [4.69, 9.17) is 9.47 Å². The van der Waals surface area contributed by atoms with Crippen LogP contribution in [0.5, 0.6) is 11.5 Å². The Morgan fingerprint density at radius 1 is 0.833 bits per heavy atom. The first kappa shape index (κ1) is 18.3. The fraction of sp³-hybridized carbons (Fsp3) is 0.429. The van der Waals surface area contributed by atoms with Gasteiger partial charge in [0.1, 0.15) is 11.5 Å². The molecule has 2 rings (SSSR count). The van der Waals surface area contributed by atoms with Crippen molar-refractivity contribution in [1.29, 1.82) is 0 Å². The normalized spacial score (nSPS) is 10.6. The largest absolute Gasteiger partial charge is 0.497 e. The van der Waals surface area contributed by atoms with Crippen LogP contribution in [0.25, 0.3) is 0 Å². The predicted octanol–water partition coefficient (Wildman–Crippen LogP) is 4.94. The minimum absolute atomic E-state index is 0.808. The van der Waals surface area contributed by atoms with Gasteiger partial charge in [-0.05, 0) is 41.8 Å². The van der Waals surface area contributed by atoms with Gasteiger partial charge in [-0.1, -0.05) is 50.5 Å². The lowest BCUT2D eigenvalue weighted by molar-refractivity contribution is 0.304. The molecule has 0 bridgehead atoms.